The normalized spacial score (nSPS) is 10.4. The Morgan fingerprint density at radius 3 is 2.42 bits per heavy atom. The Kier molecular flexibility index (Phi) is 4.57. The van der Waals surface area contributed by atoms with Crippen LogP contribution < -0.4 is 16.4 Å². The second kappa shape index (κ2) is 6.38. The lowest BCUT2D eigenvalue weighted by molar-refractivity contribution is 1.09. The number of thiophene rings is 1. The van der Waals surface area contributed by atoms with E-state index in [1.807, 2.05) is 24.3 Å². The molecule has 19 heavy (non-hydrogen) atoms. The number of aryl methyl sites for hydroxylation is 1. The summed E-state index contributed by atoms with van der Waals surface area (Å²) < 4.78 is 0. The maximum Gasteiger partial charge on any atom is 0.223 e. The van der Waals surface area contributed by atoms with Gasteiger partial charge in [-0.05, 0) is 25.5 Å². The molecule has 4 N–H and O–H groups in total. The number of aromatic nitrogens is 2. The smallest absolute Gasteiger partial charge is 0.223 e. The van der Waals surface area contributed by atoms with Crippen LogP contribution in [-0.4, -0.2) is 16.5 Å². The molecule has 0 aliphatic carbocycles. The Hall–Kier alpha value is -1.82. The molecule has 0 bridgehead atoms. The Morgan fingerprint density at radius 2 is 1.79 bits per heavy atom. The zero-order valence-corrected chi connectivity index (χ0v) is 12.0. The zero-order valence-electron chi connectivity index (χ0n) is 11.2. The lowest BCUT2D eigenvalue weighted by atomic mass is 10.3. The zero-order chi connectivity index (χ0) is 13.7. The molecule has 0 atom stereocenters. The molecule has 6 heteroatoms. The highest BCUT2D eigenvalue weighted by Crippen LogP contribution is 2.19. The first-order valence-corrected chi connectivity index (χ1v) is 7.22. The number of nitrogen functional groups attached to an aromatic ring is 1. The predicted octanol–water partition coefficient (Wildman–Crippen LogP) is 2.73. The van der Waals surface area contributed by atoms with E-state index in [9.17, 15) is 0 Å². The summed E-state index contributed by atoms with van der Waals surface area (Å²) in [4.78, 5) is 11.0. The van der Waals surface area contributed by atoms with Crippen molar-refractivity contribution in [3.63, 3.8) is 0 Å². The van der Waals surface area contributed by atoms with E-state index >= 15 is 0 Å². The van der Waals surface area contributed by atoms with Gasteiger partial charge in [0, 0.05) is 22.4 Å². The summed E-state index contributed by atoms with van der Waals surface area (Å²) in [6.07, 6.45) is 1.08. The number of nitrogens with zero attached hydrogens (tertiary/aromatic N) is 2. The molecule has 0 aliphatic rings. The number of anilines is 3. The van der Waals surface area contributed by atoms with Crippen molar-refractivity contribution in [1.29, 1.82) is 0 Å². The van der Waals surface area contributed by atoms with E-state index in [4.69, 9.17) is 5.73 Å². The van der Waals surface area contributed by atoms with Crippen LogP contribution in [0.3, 0.4) is 0 Å². The van der Waals surface area contributed by atoms with Gasteiger partial charge < -0.3 is 16.4 Å². The summed E-state index contributed by atoms with van der Waals surface area (Å²) in [7, 11) is 0. The van der Waals surface area contributed by atoms with Gasteiger partial charge in [-0.1, -0.05) is 6.92 Å². The van der Waals surface area contributed by atoms with Crippen LogP contribution in [0, 0.1) is 0 Å². The second-order valence-corrected chi connectivity index (χ2v) is 5.35. The van der Waals surface area contributed by atoms with Gasteiger partial charge in [0.25, 0.3) is 0 Å². The third-order valence-corrected chi connectivity index (χ3v) is 3.84. The minimum absolute atomic E-state index is 0.279. The van der Waals surface area contributed by atoms with Crippen LogP contribution >= 0.6 is 11.3 Å². The van der Waals surface area contributed by atoms with E-state index in [-0.39, 0.29) is 5.95 Å². The van der Waals surface area contributed by atoms with Crippen molar-refractivity contribution in [3.05, 3.63) is 28.0 Å². The molecule has 0 aliphatic heterocycles. The van der Waals surface area contributed by atoms with Crippen LogP contribution in [0.4, 0.5) is 17.6 Å². The lowest BCUT2D eigenvalue weighted by Gasteiger charge is -2.08. The van der Waals surface area contributed by atoms with E-state index in [1.165, 1.54) is 9.75 Å². The quantitative estimate of drug-likeness (QED) is 0.757. The fourth-order valence-corrected chi connectivity index (χ4v) is 2.61. The van der Waals surface area contributed by atoms with Gasteiger partial charge in [0.2, 0.25) is 5.95 Å². The van der Waals surface area contributed by atoms with Crippen LogP contribution in [0.5, 0.6) is 0 Å². The van der Waals surface area contributed by atoms with Crippen molar-refractivity contribution in [2.75, 3.05) is 22.9 Å². The van der Waals surface area contributed by atoms with Crippen molar-refractivity contribution in [2.24, 2.45) is 0 Å². The Morgan fingerprint density at radius 1 is 1.11 bits per heavy atom. The fourth-order valence-electron chi connectivity index (χ4n) is 1.71. The molecule has 2 heterocycles. The molecule has 0 saturated carbocycles. The molecule has 0 aromatic carbocycles. The molecular formula is C13H19N5S. The molecule has 2 aromatic heterocycles. The average molecular weight is 277 g/mol. The summed E-state index contributed by atoms with van der Waals surface area (Å²) >= 11 is 1.82. The summed E-state index contributed by atoms with van der Waals surface area (Å²) in [6, 6.07) is 6.18. The summed E-state index contributed by atoms with van der Waals surface area (Å²) in [6.45, 7) is 5.74. The Balaban J connectivity index is 2.02. The number of hydrogen-bond donors (Lipinski definition) is 3. The standard InChI is InChI=1S/C13H19N5S/c1-3-9-5-6-10(19-9)8-16-12-7-11(15-4-2)17-13(14)18-12/h5-7H,3-4,8H2,1-2H3,(H4,14,15,16,17,18). The van der Waals surface area contributed by atoms with E-state index in [2.05, 4.69) is 39.7 Å². The molecule has 102 valence electrons. The van der Waals surface area contributed by atoms with Crippen molar-refractivity contribution in [2.45, 2.75) is 26.8 Å². The Labute approximate surface area is 117 Å². The minimum Gasteiger partial charge on any atom is -0.370 e. The minimum atomic E-state index is 0.279. The first kappa shape index (κ1) is 13.6. The monoisotopic (exact) mass is 277 g/mol. The topological polar surface area (TPSA) is 75.9 Å². The van der Waals surface area contributed by atoms with Crippen LogP contribution in [0.1, 0.15) is 23.6 Å². The maximum absolute atomic E-state index is 5.68. The van der Waals surface area contributed by atoms with Crippen molar-refractivity contribution in [1.82, 2.24) is 9.97 Å². The first-order valence-electron chi connectivity index (χ1n) is 6.41. The summed E-state index contributed by atoms with van der Waals surface area (Å²) in [5.74, 6) is 1.77. The maximum atomic E-state index is 5.68. The number of nitrogens with one attached hydrogen (secondary N) is 2. The highest BCUT2D eigenvalue weighted by atomic mass is 32.1. The van der Waals surface area contributed by atoms with E-state index in [0.29, 0.717) is 0 Å². The average Bonchev–Trinajstić information content (AvgIpc) is 2.84. The van der Waals surface area contributed by atoms with Gasteiger partial charge >= 0.3 is 0 Å². The molecule has 0 unspecified atom stereocenters. The third-order valence-electron chi connectivity index (χ3n) is 2.61. The molecule has 0 amide bonds. The lowest BCUT2D eigenvalue weighted by Crippen LogP contribution is -2.07. The molecule has 0 radical (unpaired) electrons. The van der Waals surface area contributed by atoms with Gasteiger partial charge in [0.05, 0.1) is 6.54 Å². The molecule has 5 nitrogen and oxygen atoms in total. The van der Waals surface area contributed by atoms with Gasteiger partial charge in [-0.2, -0.15) is 9.97 Å². The number of hydrogen-bond acceptors (Lipinski definition) is 6. The molecule has 0 spiro atoms. The van der Waals surface area contributed by atoms with Crippen molar-refractivity contribution >= 4 is 28.9 Å². The van der Waals surface area contributed by atoms with Crippen LogP contribution in [-0.2, 0) is 13.0 Å². The van der Waals surface area contributed by atoms with Gasteiger partial charge in [0.1, 0.15) is 11.6 Å². The van der Waals surface area contributed by atoms with Gasteiger partial charge in [-0.25, -0.2) is 0 Å². The molecular weight excluding hydrogens is 258 g/mol. The first-order chi connectivity index (χ1) is 9.21. The fraction of sp³-hybridized carbons (Fsp3) is 0.385. The summed E-state index contributed by atoms with van der Waals surface area (Å²) in [5, 5.41) is 6.41. The number of nitrogens with two attached hydrogens (primary N) is 1. The highest BCUT2D eigenvalue weighted by Gasteiger charge is 2.03. The van der Waals surface area contributed by atoms with Crippen LogP contribution in [0.15, 0.2) is 18.2 Å². The molecule has 2 rings (SSSR count). The van der Waals surface area contributed by atoms with Crippen molar-refractivity contribution < 1.29 is 0 Å². The van der Waals surface area contributed by atoms with Gasteiger partial charge in [-0.3, -0.25) is 0 Å². The van der Waals surface area contributed by atoms with E-state index in [0.717, 1.165) is 31.1 Å². The van der Waals surface area contributed by atoms with E-state index < -0.39 is 0 Å². The predicted molar refractivity (Wildman–Crippen MR) is 81.6 cm³/mol. The summed E-state index contributed by atoms with van der Waals surface area (Å²) in [5.41, 5.74) is 5.68. The molecule has 0 fully saturated rings. The molecule has 2 aromatic rings. The van der Waals surface area contributed by atoms with Crippen LogP contribution in [0.25, 0.3) is 0 Å². The Bertz CT molecular complexity index is 538. The number of rotatable bonds is 6. The van der Waals surface area contributed by atoms with Crippen LogP contribution in [0.2, 0.25) is 0 Å². The largest absolute Gasteiger partial charge is 0.370 e. The van der Waals surface area contributed by atoms with Gasteiger partial charge in [0.15, 0.2) is 0 Å². The van der Waals surface area contributed by atoms with Gasteiger partial charge in [-0.15, -0.1) is 11.3 Å². The van der Waals surface area contributed by atoms with E-state index in [1.54, 1.807) is 0 Å². The third kappa shape index (κ3) is 3.82. The SMILES string of the molecule is CCNc1cc(NCc2ccc(CC)s2)nc(N)n1. The molecule has 0 saturated heterocycles. The highest BCUT2D eigenvalue weighted by molar-refractivity contribution is 7.12. The second-order valence-electron chi connectivity index (χ2n) is 4.10. The van der Waals surface area contributed by atoms with Crippen molar-refractivity contribution in [3.8, 4) is 0 Å².